The van der Waals surface area contributed by atoms with Gasteiger partial charge in [0.2, 0.25) is 11.1 Å². The SMILES string of the molecule is CC(Sc1ncn(-c2ccccc2)n1)C(=O)NC12CC3CC(CC(C3)C1)C2. The summed E-state index contributed by atoms with van der Waals surface area (Å²) < 4.78 is 1.76. The maximum absolute atomic E-state index is 12.9. The Labute approximate surface area is 164 Å². The van der Waals surface area contributed by atoms with Crippen LogP contribution in [0.1, 0.15) is 45.4 Å². The minimum atomic E-state index is -0.190. The fraction of sp³-hybridized carbons (Fsp3) is 0.571. The molecule has 0 spiro atoms. The van der Waals surface area contributed by atoms with Crippen LogP contribution in [0.25, 0.3) is 5.69 Å². The lowest BCUT2D eigenvalue weighted by Crippen LogP contribution is -2.60. The zero-order valence-corrected chi connectivity index (χ0v) is 16.5. The van der Waals surface area contributed by atoms with Crippen molar-refractivity contribution in [1.82, 2.24) is 20.1 Å². The average Bonchev–Trinajstić information content (AvgIpc) is 3.09. The van der Waals surface area contributed by atoms with Crippen LogP contribution in [0.4, 0.5) is 0 Å². The summed E-state index contributed by atoms with van der Waals surface area (Å²) in [6.45, 7) is 1.96. The molecular formula is C21H26N4OS. The van der Waals surface area contributed by atoms with Gasteiger partial charge in [-0.1, -0.05) is 30.0 Å². The van der Waals surface area contributed by atoms with Gasteiger partial charge < -0.3 is 5.32 Å². The number of hydrogen-bond acceptors (Lipinski definition) is 4. The van der Waals surface area contributed by atoms with Crippen molar-refractivity contribution in [2.75, 3.05) is 0 Å². The number of benzene rings is 1. The zero-order chi connectivity index (χ0) is 18.4. The van der Waals surface area contributed by atoms with E-state index in [-0.39, 0.29) is 16.7 Å². The third kappa shape index (κ3) is 3.40. The van der Waals surface area contributed by atoms with Crippen LogP contribution in [0.2, 0.25) is 0 Å². The first-order valence-corrected chi connectivity index (χ1v) is 10.9. The summed E-state index contributed by atoms with van der Waals surface area (Å²) in [5, 5.41) is 8.43. The van der Waals surface area contributed by atoms with Crippen molar-refractivity contribution < 1.29 is 4.79 Å². The van der Waals surface area contributed by atoms with Gasteiger partial charge in [-0.25, -0.2) is 9.67 Å². The minimum Gasteiger partial charge on any atom is -0.350 e. The molecule has 1 atom stereocenters. The molecule has 1 N–H and O–H groups in total. The Morgan fingerprint density at radius 3 is 2.41 bits per heavy atom. The number of nitrogens with one attached hydrogen (secondary N) is 1. The first-order valence-electron chi connectivity index (χ1n) is 10.0. The fourth-order valence-corrected chi connectivity index (χ4v) is 6.57. The second-order valence-electron chi connectivity index (χ2n) is 8.75. The van der Waals surface area contributed by atoms with E-state index in [1.54, 1.807) is 11.0 Å². The van der Waals surface area contributed by atoms with E-state index < -0.39 is 0 Å². The highest BCUT2D eigenvalue weighted by atomic mass is 32.2. The van der Waals surface area contributed by atoms with Crippen LogP contribution in [0, 0.1) is 17.8 Å². The van der Waals surface area contributed by atoms with Gasteiger partial charge in [0.15, 0.2) is 0 Å². The van der Waals surface area contributed by atoms with Crippen LogP contribution in [0.15, 0.2) is 41.8 Å². The average molecular weight is 383 g/mol. The quantitative estimate of drug-likeness (QED) is 0.799. The zero-order valence-electron chi connectivity index (χ0n) is 15.7. The van der Waals surface area contributed by atoms with E-state index in [0.717, 1.165) is 23.4 Å². The van der Waals surface area contributed by atoms with Crippen molar-refractivity contribution in [3.05, 3.63) is 36.7 Å². The van der Waals surface area contributed by atoms with Crippen LogP contribution >= 0.6 is 11.8 Å². The predicted molar refractivity (Wildman–Crippen MR) is 106 cm³/mol. The standard InChI is InChI=1S/C21H26N4OS/c1-14(27-20-22-13-25(24-20)18-5-3-2-4-6-18)19(26)23-21-10-15-7-16(11-21)9-17(8-15)12-21/h2-6,13-17H,7-12H2,1H3,(H,23,26). The molecule has 4 fully saturated rings. The predicted octanol–water partition coefficient (Wildman–Crippen LogP) is 3.83. The van der Waals surface area contributed by atoms with E-state index in [1.165, 1.54) is 50.3 Å². The summed E-state index contributed by atoms with van der Waals surface area (Å²) in [5.74, 6) is 2.64. The smallest absolute Gasteiger partial charge is 0.233 e. The molecule has 4 aliphatic rings. The van der Waals surface area contributed by atoms with E-state index >= 15 is 0 Å². The Morgan fingerprint density at radius 1 is 1.15 bits per heavy atom. The first kappa shape index (κ1) is 17.3. The third-order valence-electron chi connectivity index (χ3n) is 6.57. The maximum atomic E-state index is 12.9. The molecule has 6 heteroatoms. The van der Waals surface area contributed by atoms with Gasteiger partial charge in [-0.05, 0) is 75.3 Å². The minimum absolute atomic E-state index is 0.0669. The fourth-order valence-electron chi connectivity index (χ4n) is 5.85. The van der Waals surface area contributed by atoms with Gasteiger partial charge in [0.05, 0.1) is 10.9 Å². The second-order valence-corrected chi connectivity index (χ2v) is 10.1. The number of amides is 1. The molecule has 4 bridgehead atoms. The van der Waals surface area contributed by atoms with E-state index in [0.29, 0.717) is 5.16 Å². The molecule has 1 aromatic carbocycles. The lowest BCUT2D eigenvalue weighted by molar-refractivity contribution is -0.126. The summed E-state index contributed by atoms with van der Waals surface area (Å²) in [6, 6.07) is 9.92. The highest BCUT2D eigenvalue weighted by molar-refractivity contribution is 8.00. The highest BCUT2D eigenvalue weighted by Crippen LogP contribution is 2.55. The van der Waals surface area contributed by atoms with Gasteiger partial charge in [0.1, 0.15) is 6.33 Å². The van der Waals surface area contributed by atoms with Crippen molar-refractivity contribution in [2.45, 2.75) is 61.4 Å². The van der Waals surface area contributed by atoms with Crippen LogP contribution in [0.5, 0.6) is 0 Å². The van der Waals surface area contributed by atoms with Crippen LogP contribution in [0.3, 0.4) is 0 Å². The molecule has 142 valence electrons. The van der Waals surface area contributed by atoms with Crippen molar-refractivity contribution in [1.29, 1.82) is 0 Å². The van der Waals surface area contributed by atoms with Gasteiger partial charge in [-0.2, -0.15) is 0 Å². The maximum Gasteiger partial charge on any atom is 0.233 e. The molecule has 0 aliphatic heterocycles. The molecule has 0 saturated heterocycles. The summed E-state index contributed by atoms with van der Waals surface area (Å²) in [5.41, 5.74) is 1.04. The number of rotatable bonds is 5. The van der Waals surface area contributed by atoms with Crippen LogP contribution in [-0.2, 0) is 4.79 Å². The Hall–Kier alpha value is -1.82. The summed E-state index contributed by atoms with van der Waals surface area (Å²) >= 11 is 1.44. The summed E-state index contributed by atoms with van der Waals surface area (Å²) in [6.07, 6.45) is 9.43. The Morgan fingerprint density at radius 2 is 1.78 bits per heavy atom. The number of carbonyl (C=O) groups excluding carboxylic acids is 1. The highest BCUT2D eigenvalue weighted by Gasteiger charge is 2.51. The van der Waals surface area contributed by atoms with Crippen molar-refractivity contribution in [2.24, 2.45) is 17.8 Å². The van der Waals surface area contributed by atoms with Gasteiger partial charge in [-0.3, -0.25) is 4.79 Å². The van der Waals surface area contributed by atoms with Gasteiger partial charge >= 0.3 is 0 Å². The van der Waals surface area contributed by atoms with E-state index in [2.05, 4.69) is 15.4 Å². The third-order valence-corrected chi connectivity index (χ3v) is 7.54. The number of hydrogen-bond donors (Lipinski definition) is 1. The normalized spacial score (nSPS) is 32.4. The molecule has 1 unspecified atom stereocenters. The molecule has 4 aliphatic carbocycles. The first-order chi connectivity index (χ1) is 13.1. The molecule has 1 amide bonds. The second kappa shape index (κ2) is 6.66. The monoisotopic (exact) mass is 382 g/mol. The van der Waals surface area contributed by atoms with Crippen molar-refractivity contribution >= 4 is 17.7 Å². The Balaban J connectivity index is 1.23. The largest absolute Gasteiger partial charge is 0.350 e. The van der Waals surface area contributed by atoms with E-state index in [9.17, 15) is 4.79 Å². The van der Waals surface area contributed by atoms with Crippen molar-refractivity contribution in [3.63, 3.8) is 0 Å². The number of aromatic nitrogens is 3. The molecule has 6 rings (SSSR count). The molecule has 4 saturated carbocycles. The number of para-hydroxylation sites is 1. The molecule has 0 radical (unpaired) electrons. The molecule has 1 heterocycles. The van der Waals surface area contributed by atoms with Gasteiger partial charge in [-0.15, -0.1) is 5.10 Å². The summed E-state index contributed by atoms with van der Waals surface area (Å²) in [4.78, 5) is 17.3. The van der Waals surface area contributed by atoms with Crippen LogP contribution in [-0.4, -0.2) is 31.5 Å². The molecule has 2 aromatic rings. The molecule has 5 nitrogen and oxygen atoms in total. The number of carbonyl (C=O) groups is 1. The summed E-state index contributed by atoms with van der Waals surface area (Å²) in [7, 11) is 0. The number of thioether (sulfide) groups is 1. The lowest BCUT2D eigenvalue weighted by Gasteiger charge is -2.57. The molecular weight excluding hydrogens is 356 g/mol. The topological polar surface area (TPSA) is 59.8 Å². The Kier molecular flexibility index (Phi) is 4.26. The van der Waals surface area contributed by atoms with E-state index in [1.807, 2.05) is 37.3 Å². The van der Waals surface area contributed by atoms with Crippen molar-refractivity contribution in [3.8, 4) is 5.69 Å². The number of nitrogens with zero attached hydrogens (tertiary/aromatic N) is 3. The van der Waals surface area contributed by atoms with Gasteiger partial charge in [0, 0.05) is 5.54 Å². The Bertz CT molecular complexity index is 798. The molecule has 27 heavy (non-hydrogen) atoms. The van der Waals surface area contributed by atoms with Crippen LogP contribution < -0.4 is 5.32 Å². The molecule has 1 aromatic heterocycles. The van der Waals surface area contributed by atoms with Gasteiger partial charge in [0.25, 0.3) is 0 Å². The lowest BCUT2D eigenvalue weighted by atomic mass is 9.53. The van der Waals surface area contributed by atoms with E-state index in [4.69, 9.17) is 0 Å².